The highest BCUT2D eigenvalue weighted by atomic mass is 16.5. The quantitative estimate of drug-likeness (QED) is 0.731. The van der Waals surface area contributed by atoms with Crippen molar-refractivity contribution in [2.45, 2.75) is 44.7 Å². The molecular formula is C22H28N2O4. The van der Waals surface area contributed by atoms with Gasteiger partial charge >= 0.3 is 5.97 Å². The molecule has 6 nitrogen and oxygen atoms in total. The number of hydrogen-bond donors (Lipinski definition) is 2. The third-order valence-electron chi connectivity index (χ3n) is 5.69. The molecule has 1 saturated carbocycles. The van der Waals surface area contributed by atoms with E-state index in [1.807, 2.05) is 55.1 Å². The molecule has 1 amide bonds. The summed E-state index contributed by atoms with van der Waals surface area (Å²) in [6, 6.07) is 12.3. The molecule has 0 aliphatic heterocycles. The largest absolute Gasteiger partial charge is 0.497 e. The van der Waals surface area contributed by atoms with Crippen LogP contribution in [0.1, 0.15) is 38.2 Å². The van der Waals surface area contributed by atoms with Crippen LogP contribution < -0.4 is 10.1 Å². The van der Waals surface area contributed by atoms with Gasteiger partial charge in [0.25, 0.3) is 0 Å². The van der Waals surface area contributed by atoms with E-state index in [9.17, 15) is 9.59 Å². The Morgan fingerprint density at radius 2 is 1.89 bits per heavy atom. The highest BCUT2D eigenvalue weighted by Gasteiger charge is 2.35. The number of benzene rings is 2. The van der Waals surface area contributed by atoms with Crippen LogP contribution in [0, 0.1) is 0 Å². The minimum atomic E-state index is -0.808. The highest BCUT2D eigenvalue weighted by molar-refractivity contribution is 5.88. The predicted molar refractivity (Wildman–Crippen MR) is 109 cm³/mol. The van der Waals surface area contributed by atoms with Gasteiger partial charge in [0.1, 0.15) is 5.75 Å². The van der Waals surface area contributed by atoms with E-state index in [1.165, 1.54) is 0 Å². The Hall–Kier alpha value is -2.60. The first-order chi connectivity index (χ1) is 13.4. The summed E-state index contributed by atoms with van der Waals surface area (Å²) in [4.78, 5) is 25.5. The van der Waals surface area contributed by atoms with Crippen molar-refractivity contribution in [3.63, 3.8) is 0 Å². The van der Waals surface area contributed by atoms with Crippen molar-refractivity contribution in [1.29, 1.82) is 0 Å². The summed E-state index contributed by atoms with van der Waals surface area (Å²) in [5, 5.41) is 14.2. The summed E-state index contributed by atoms with van der Waals surface area (Å²) in [5.74, 6) is -0.226. The Morgan fingerprint density at radius 3 is 2.54 bits per heavy atom. The molecule has 1 atom stereocenters. The number of carboxylic acid groups (broad SMARTS) is 1. The number of hydrogen-bond acceptors (Lipinski definition) is 4. The molecule has 1 aliphatic rings. The number of carbonyl (C=O) groups excluding carboxylic acids is 1. The fraction of sp³-hybridized carbons (Fsp3) is 0.455. The minimum absolute atomic E-state index is 0.0117. The Labute approximate surface area is 165 Å². The molecule has 2 aromatic rings. The van der Waals surface area contributed by atoms with E-state index in [1.54, 1.807) is 7.11 Å². The van der Waals surface area contributed by atoms with Crippen molar-refractivity contribution in [1.82, 2.24) is 10.2 Å². The predicted octanol–water partition coefficient (Wildman–Crippen LogP) is 3.01. The summed E-state index contributed by atoms with van der Waals surface area (Å²) in [5.41, 5.74) is 0.979. The third kappa shape index (κ3) is 4.44. The van der Waals surface area contributed by atoms with Gasteiger partial charge < -0.3 is 15.2 Å². The van der Waals surface area contributed by atoms with Crippen LogP contribution in [0.15, 0.2) is 36.4 Å². The fourth-order valence-electron chi connectivity index (χ4n) is 3.79. The van der Waals surface area contributed by atoms with Gasteiger partial charge in [-0.3, -0.25) is 14.5 Å². The van der Waals surface area contributed by atoms with Crippen LogP contribution in [0.25, 0.3) is 10.8 Å². The summed E-state index contributed by atoms with van der Waals surface area (Å²) < 4.78 is 5.26. The lowest BCUT2D eigenvalue weighted by atomic mass is 9.84. The molecule has 0 spiro atoms. The lowest BCUT2D eigenvalue weighted by Gasteiger charge is -2.42. The molecule has 0 heterocycles. The number of likely N-dealkylation sites (N-methyl/N-ethyl adjacent to an activating group) is 1. The third-order valence-corrected chi connectivity index (χ3v) is 5.69. The Kier molecular flexibility index (Phi) is 6.19. The van der Waals surface area contributed by atoms with Crippen molar-refractivity contribution in [2.24, 2.45) is 0 Å². The second kappa shape index (κ2) is 8.61. The van der Waals surface area contributed by atoms with Crippen LogP contribution >= 0.6 is 0 Å². The van der Waals surface area contributed by atoms with Gasteiger partial charge in [-0.25, -0.2) is 0 Å². The summed E-state index contributed by atoms with van der Waals surface area (Å²) in [6.45, 7) is 4.64. The summed E-state index contributed by atoms with van der Waals surface area (Å²) in [7, 11) is 1.65. The number of carboxylic acids is 1. The maximum Gasteiger partial charge on any atom is 0.317 e. The lowest BCUT2D eigenvalue weighted by Crippen LogP contribution is -2.55. The Morgan fingerprint density at radius 1 is 1.21 bits per heavy atom. The highest BCUT2D eigenvalue weighted by Crippen LogP contribution is 2.28. The zero-order chi connectivity index (χ0) is 20.3. The molecule has 1 fully saturated rings. The number of carbonyl (C=O) groups is 2. The summed E-state index contributed by atoms with van der Waals surface area (Å²) >= 11 is 0. The first kappa shape index (κ1) is 20.1. The van der Waals surface area contributed by atoms with Gasteiger partial charge in [-0.15, -0.1) is 0 Å². The van der Waals surface area contributed by atoms with Crippen LogP contribution in [-0.4, -0.2) is 54.2 Å². The van der Waals surface area contributed by atoms with E-state index in [4.69, 9.17) is 9.84 Å². The number of nitrogens with zero attached hydrogens (tertiary/aromatic N) is 1. The van der Waals surface area contributed by atoms with Crippen LogP contribution in [0.3, 0.4) is 0 Å². The van der Waals surface area contributed by atoms with Gasteiger partial charge in [0.15, 0.2) is 0 Å². The van der Waals surface area contributed by atoms with Gasteiger partial charge in [0.2, 0.25) is 5.91 Å². The number of methoxy groups -OCH3 is 1. The smallest absolute Gasteiger partial charge is 0.317 e. The molecular weight excluding hydrogens is 356 g/mol. The minimum Gasteiger partial charge on any atom is -0.497 e. The van der Waals surface area contributed by atoms with Gasteiger partial charge in [0, 0.05) is 12.1 Å². The van der Waals surface area contributed by atoms with Crippen molar-refractivity contribution in [3.05, 3.63) is 42.0 Å². The van der Waals surface area contributed by atoms with E-state index in [0.717, 1.165) is 34.9 Å². The number of amides is 1. The zero-order valence-electron chi connectivity index (χ0n) is 16.6. The normalized spacial score (nSPS) is 19.9. The van der Waals surface area contributed by atoms with Crippen LogP contribution in [0.2, 0.25) is 0 Å². The SMILES string of the molecule is CCN(CC(=O)O)C1CC(NC(=O)[C@@H](C)c2ccc3cc(OC)ccc3c2)C1. The molecule has 28 heavy (non-hydrogen) atoms. The average Bonchev–Trinajstić information content (AvgIpc) is 2.67. The first-order valence-electron chi connectivity index (χ1n) is 9.75. The maximum atomic E-state index is 12.7. The standard InChI is InChI=1S/C22H28N2O4/c1-4-24(13-21(25)26)19-11-18(12-19)23-22(27)14(2)15-5-6-17-10-20(28-3)8-7-16(17)9-15/h5-10,14,18-19H,4,11-13H2,1-3H3,(H,23,27)(H,25,26)/t14-,18?,19?/m0/s1. The molecule has 6 heteroatoms. The van der Waals surface area contributed by atoms with Gasteiger partial charge in [-0.1, -0.05) is 31.2 Å². The van der Waals surface area contributed by atoms with E-state index >= 15 is 0 Å². The lowest BCUT2D eigenvalue weighted by molar-refractivity contribution is -0.139. The molecule has 150 valence electrons. The van der Waals surface area contributed by atoms with E-state index in [-0.39, 0.29) is 30.5 Å². The van der Waals surface area contributed by atoms with Crippen molar-refractivity contribution >= 4 is 22.6 Å². The van der Waals surface area contributed by atoms with Crippen LogP contribution in [0.5, 0.6) is 5.75 Å². The van der Waals surface area contributed by atoms with Crippen LogP contribution in [0.4, 0.5) is 0 Å². The first-order valence-corrected chi connectivity index (χ1v) is 9.75. The van der Waals surface area contributed by atoms with E-state index in [0.29, 0.717) is 6.54 Å². The van der Waals surface area contributed by atoms with Crippen LogP contribution in [-0.2, 0) is 9.59 Å². The second-order valence-corrected chi connectivity index (χ2v) is 7.48. The maximum absolute atomic E-state index is 12.7. The molecule has 3 rings (SSSR count). The molecule has 0 unspecified atom stereocenters. The molecule has 0 aromatic heterocycles. The monoisotopic (exact) mass is 384 g/mol. The van der Waals surface area contributed by atoms with Crippen molar-refractivity contribution in [3.8, 4) is 5.75 Å². The van der Waals surface area contributed by atoms with E-state index in [2.05, 4.69) is 5.32 Å². The van der Waals surface area contributed by atoms with Gasteiger partial charge in [-0.05, 0) is 54.8 Å². The number of rotatable bonds is 8. The second-order valence-electron chi connectivity index (χ2n) is 7.48. The van der Waals surface area contributed by atoms with Gasteiger partial charge in [-0.2, -0.15) is 0 Å². The van der Waals surface area contributed by atoms with E-state index < -0.39 is 5.97 Å². The number of aliphatic carboxylic acids is 1. The Balaban J connectivity index is 1.58. The number of nitrogens with one attached hydrogen (secondary N) is 1. The molecule has 0 saturated heterocycles. The topological polar surface area (TPSA) is 78.9 Å². The summed E-state index contributed by atoms with van der Waals surface area (Å²) in [6.07, 6.45) is 1.61. The van der Waals surface area contributed by atoms with Crippen molar-refractivity contribution < 1.29 is 19.4 Å². The molecule has 0 radical (unpaired) electrons. The number of fused-ring (bicyclic) bond motifs is 1. The molecule has 0 bridgehead atoms. The molecule has 2 N–H and O–H groups in total. The molecule has 2 aromatic carbocycles. The zero-order valence-corrected chi connectivity index (χ0v) is 16.6. The van der Waals surface area contributed by atoms with Crippen molar-refractivity contribution in [2.75, 3.05) is 20.2 Å². The van der Waals surface area contributed by atoms with Gasteiger partial charge in [0.05, 0.1) is 19.6 Å². The average molecular weight is 384 g/mol. The fourth-order valence-corrected chi connectivity index (χ4v) is 3.79. The number of ether oxygens (including phenoxy) is 1. The molecule has 1 aliphatic carbocycles. The Bertz CT molecular complexity index is 861.